The van der Waals surface area contributed by atoms with Crippen molar-refractivity contribution in [1.29, 1.82) is 0 Å². The summed E-state index contributed by atoms with van der Waals surface area (Å²) in [6, 6.07) is 4.56. The van der Waals surface area contributed by atoms with Gasteiger partial charge in [0.1, 0.15) is 11.4 Å². The molecule has 2 fully saturated rings. The number of thioether (sulfide) groups is 1. The Morgan fingerprint density at radius 2 is 1.60 bits per heavy atom. The second-order valence-corrected chi connectivity index (χ2v) is 11.7. The van der Waals surface area contributed by atoms with Crippen LogP contribution in [0.1, 0.15) is 46.1 Å². The van der Waals surface area contributed by atoms with Gasteiger partial charge in [0.05, 0.1) is 23.9 Å². The fourth-order valence-electron chi connectivity index (χ4n) is 5.02. The maximum absolute atomic E-state index is 13.7. The fourth-order valence-corrected chi connectivity index (χ4v) is 6.29. The van der Waals surface area contributed by atoms with Crippen molar-refractivity contribution in [3.05, 3.63) is 29.6 Å². The van der Waals surface area contributed by atoms with Crippen LogP contribution in [0.15, 0.2) is 23.1 Å². The largest absolute Gasteiger partial charge is 0.428 e. The van der Waals surface area contributed by atoms with Crippen molar-refractivity contribution in [2.24, 2.45) is 41.2 Å². The van der Waals surface area contributed by atoms with Crippen molar-refractivity contribution in [1.82, 2.24) is 0 Å². The number of hydrogen-bond donors (Lipinski definition) is 2. The first-order valence-corrected chi connectivity index (χ1v) is 14.4. The molecule has 10 nitrogen and oxygen atoms in total. The molecule has 2 saturated carbocycles. The number of fused-ring (bicyclic) bond motifs is 1. The zero-order valence-electron chi connectivity index (χ0n) is 23.4. The van der Waals surface area contributed by atoms with E-state index in [0.717, 1.165) is 0 Å². The minimum Gasteiger partial charge on any atom is -0.428 e. The molecular formula is C28H38FNO9S. The number of ether oxygens (including phenoxy) is 4. The molecular weight excluding hydrogens is 545 g/mol. The minimum atomic E-state index is -1.80. The zero-order valence-corrected chi connectivity index (χ0v) is 24.2. The highest BCUT2D eigenvalue weighted by molar-refractivity contribution is 7.99. The Balaban J connectivity index is 1.72. The SMILES string of the molecule is CC[C@H](C)C(=O)OCOC(=O)[C@H]1[C@@H]2[C@H](O)[C@@H](CSc3ccc(F)c(C)c3)[C@@](N)(C(=O)OCOC(=O)[C@@H](C)CC)[C@H]12. The lowest BCUT2D eigenvalue weighted by Gasteiger charge is -2.34. The van der Waals surface area contributed by atoms with E-state index in [4.69, 9.17) is 24.7 Å². The van der Waals surface area contributed by atoms with Crippen LogP contribution >= 0.6 is 11.8 Å². The molecule has 0 spiro atoms. The van der Waals surface area contributed by atoms with E-state index >= 15 is 0 Å². The average Bonchev–Trinajstić information content (AvgIpc) is 3.65. The van der Waals surface area contributed by atoms with E-state index in [1.54, 1.807) is 32.9 Å². The van der Waals surface area contributed by atoms with Gasteiger partial charge in [-0.2, -0.15) is 0 Å². The Morgan fingerprint density at radius 3 is 2.15 bits per heavy atom. The molecule has 12 heteroatoms. The van der Waals surface area contributed by atoms with Crippen molar-refractivity contribution in [3.63, 3.8) is 0 Å². The van der Waals surface area contributed by atoms with Crippen molar-refractivity contribution in [2.45, 2.75) is 64.0 Å². The van der Waals surface area contributed by atoms with Crippen molar-refractivity contribution >= 4 is 35.6 Å². The number of hydrogen-bond acceptors (Lipinski definition) is 11. The van der Waals surface area contributed by atoms with E-state index < -0.39 is 72.8 Å². The minimum absolute atomic E-state index is 0.172. The number of esters is 4. The molecule has 1 aromatic rings. The number of rotatable bonds is 13. The third-order valence-electron chi connectivity index (χ3n) is 8.05. The Hall–Kier alpha value is -2.70. The summed E-state index contributed by atoms with van der Waals surface area (Å²) >= 11 is 1.28. The van der Waals surface area contributed by atoms with Crippen LogP contribution in [-0.4, -0.2) is 60.0 Å². The third kappa shape index (κ3) is 6.60. The summed E-state index contributed by atoms with van der Waals surface area (Å²) in [5, 5.41) is 11.2. The Kier molecular flexibility index (Phi) is 10.6. The molecule has 0 aromatic heterocycles. The molecule has 3 N–H and O–H groups in total. The average molecular weight is 584 g/mol. The topological polar surface area (TPSA) is 151 Å². The molecule has 2 aliphatic carbocycles. The number of aliphatic hydroxyl groups excluding tert-OH is 1. The third-order valence-corrected chi connectivity index (χ3v) is 9.17. The lowest BCUT2D eigenvalue weighted by Crippen LogP contribution is -2.59. The van der Waals surface area contributed by atoms with Crippen LogP contribution in [0.4, 0.5) is 4.39 Å². The zero-order chi connectivity index (χ0) is 29.8. The summed E-state index contributed by atoms with van der Waals surface area (Å²) in [5.74, 6) is -6.88. The molecule has 3 rings (SSSR count). The van der Waals surface area contributed by atoms with Gasteiger partial charge in [0.2, 0.25) is 13.6 Å². The van der Waals surface area contributed by atoms with Crippen molar-refractivity contribution in [2.75, 3.05) is 19.3 Å². The van der Waals surface area contributed by atoms with Crippen molar-refractivity contribution < 1.29 is 47.6 Å². The van der Waals surface area contributed by atoms with Gasteiger partial charge in [0.15, 0.2) is 0 Å². The van der Waals surface area contributed by atoms with E-state index in [0.29, 0.717) is 23.3 Å². The molecule has 0 saturated heterocycles. The van der Waals surface area contributed by atoms with Gasteiger partial charge < -0.3 is 29.8 Å². The number of aliphatic hydroxyl groups is 1. The second-order valence-electron chi connectivity index (χ2n) is 10.6. The summed E-state index contributed by atoms with van der Waals surface area (Å²) in [7, 11) is 0. The van der Waals surface area contributed by atoms with E-state index in [2.05, 4.69) is 0 Å². The van der Waals surface area contributed by atoms with E-state index in [1.165, 1.54) is 17.8 Å². The molecule has 40 heavy (non-hydrogen) atoms. The van der Waals surface area contributed by atoms with Crippen LogP contribution in [0.25, 0.3) is 0 Å². The van der Waals surface area contributed by atoms with Gasteiger partial charge in [-0.25, -0.2) is 9.18 Å². The maximum Gasteiger partial charge on any atom is 0.329 e. The molecule has 1 aromatic carbocycles. The van der Waals surface area contributed by atoms with Crippen LogP contribution in [0.3, 0.4) is 0 Å². The van der Waals surface area contributed by atoms with E-state index in [9.17, 15) is 28.7 Å². The van der Waals surface area contributed by atoms with Gasteiger partial charge >= 0.3 is 23.9 Å². The van der Waals surface area contributed by atoms with E-state index in [-0.39, 0.29) is 23.4 Å². The number of halogens is 1. The van der Waals surface area contributed by atoms with E-state index in [1.807, 2.05) is 13.8 Å². The van der Waals surface area contributed by atoms with Gasteiger partial charge in [0.25, 0.3) is 0 Å². The van der Waals surface area contributed by atoms with Crippen LogP contribution in [-0.2, 0) is 38.1 Å². The highest BCUT2D eigenvalue weighted by atomic mass is 32.2. The fraction of sp³-hybridized carbons (Fsp3) is 0.643. The van der Waals surface area contributed by atoms with Gasteiger partial charge in [-0.1, -0.05) is 27.7 Å². The van der Waals surface area contributed by atoms with Gasteiger partial charge in [0, 0.05) is 28.4 Å². The van der Waals surface area contributed by atoms with Gasteiger partial charge in [-0.3, -0.25) is 14.4 Å². The monoisotopic (exact) mass is 583 g/mol. The molecule has 8 atom stereocenters. The summed E-state index contributed by atoms with van der Waals surface area (Å²) in [6.45, 7) is 7.37. The predicted molar refractivity (Wildman–Crippen MR) is 142 cm³/mol. The number of nitrogens with two attached hydrogens (primary N) is 1. The molecule has 0 bridgehead atoms. The number of benzene rings is 1. The lowest BCUT2D eigenvalue weighted by atomic mass is 9.81. The first kappa shape index (κ1) is 31.8. The molecule has 0 aliphatic heterocycles. The quantitative estimate of drug-likeness (QED) is 0.200. The molecule has 0 radical (unpaired) electrons. The first-order chi connectivity index (χ1) is 18.9. The predicted octanol–water partition coefficient (Wildman–Crippen LogP) is 2.96. The van der Waals surface area contributed by atoms with Gasteiger partial charge in [-0.05, 0) is 43.5 Å². The highest BCUT2D eigenvalue weighted by Crippen LogP contribution is 2.64. The van der Waals surface area contributed by atoms with Gasteiger partial charge in [-0.15, -0.1) is 11.8 Å². The molecule has 222 valence electrons. The Morgan fingerprint density at radius 1 is 1.02 bits per heavy atom. The lowest BCUT2D eigenvalue weighted by molar-refractivity contribution is -0.176. The van der Waals surface area contributed by atoms with Crippen molar-refractivity contribution in [3.8, 4) is 0 Å². The van der Waals surface area contributed by atoms with Crippen LogP contribution in [0.5, 0.6) is 0 Å². The van der Waals surface area contributed by atoms with Crippen LogP contribution in [0.2, 0.25) is 0 Å². The molecule has 2 aliphatic rings. The summed E-state index contributed by atoms with van der Waals surface area (Å²) in [5.41, 5.74) is 5.31. The van der Waals surface area contributed by atoms with Crippen LogP contribution < -0.4 is 5.73 Å². The summed E-state index contributed by atoms with van der Waals surface area (Å²) in [4.78, 5) is 50.7. The number of carbonyl (C=O) groups excluding carboxylic acids is 4. The van der Waals surface area contributed by atoms with Crippen LogP contribution in [0, 0.1) is 48.2 Å². The standard InChI is InChI=1S/C28H38FNO9S/c1-6-14(3)24(32)36-12-38-26(34)21-20-22(21)28(30,27(35)39-13-37-25(33)15(4)7-2)18(23(20)31)11-40-17-8-9-19(29)16(5)10-17/h8-10,14-15,18,20-23,31H,6-7,11-13,30H2,1-5H3/t14-,15-,18+,20-,21-,22-,23+,28-/m0/s1. The number of aryl methyl sites for hydroxylation is 1. The summed E-state index contributed by atoms with van der Waals surface area (Å²) in [6.07, 6.45) is -0.0468. The Bertz CT molecular complexity index is 1120. The molecule has 0 amide bonds. The normalized spacial score (nSPS) is 28.1. The smallest absolute Gasteiger partial charge is 0.329 e. The summed E-state index contributed by atoms with van der Waals surface area (Å²) < 4.78 is 34.1. The first-order valence-electron chi connectivity index (χ1n) is 13.4. The maximum atomic E-state index is 13.7. The second kappa shape index (κ2) is 13.3. The molecule has 0 unspecified atom stereocenters. The Labute approximate surface area is 237 Å². The molecule has 0 heterocycles. The highest BCUT2D eigenvalue weighted by Gasteiger charge is 2.78. The number of carbonyl (C=O) groups is 4.